The van der Waals surface area contributed by atoms with Gasteiger partial charge in [0.05, 0.1) is 0 Å². The second kappa shape index (κ2) is 47.3. The van der Waals surface area contributed by atoms with Crippen LogP contribution in [0.15, 0.2) is 36.5 Å². The summed E-state index contributed by atoms with van der Waals surface area (Å²) >= 11 is 0. The summed E-state index contributed by atoms with van der Waals surface area (Å²) in [4.78, 5) is 37.8. The van der Waals surface area contributed by atoms with Gasteiger partial charge in [-0.2, -0.15) is 0 Å². The van der Waals surface area contributed by atoms with Crippen LogP contribution >= 0.6 is 0 Å². The van der Waals surface area contributed by atoms with E-state index < -0.39 is 6.10 Å². The zero-order valence-corrected chi connectivity index (χ0v) is 38.6. The summed E-state index contributed by atoms with van der Waals surface area (Å²) in [6.07, 6.45) is 54.3. The highest BCUT2D eigenvalue weighted by atomic mass is 16.6. The first-order chi connectivity index (χ1) is 28.5. The summed E-state index contributed by atoms with van der Waals surface area (Å²) in [7, 11) is 0. The maximum atomic E-state index is 12.7. The van der Waals surface area contributed by atoms with Crippen LogP contribution < -0.4 is 0 Å². The summed E-state index contributed by atoms with van der Waals surface area (Å²) in [5.41, 5.74) is 0. The zero-order chi connectivity index (χ0) is 42.3. The van der Waals surface area contributed by atoms with Crippen LogP contribution in [0, 0.1) is 0 Å². The SMILES string of the molecule is CC/C=C\C/C=C\CCCCC(=O)OCC(COC(=O)CCCCCCCCC/C=C\CCCCCCCCCC)OC(=O)CCCCCCCCCCCCCC. The van der Waals surface area contributed by atoms with Crippen molar-refractivity contribution in [1.82, 2.24) is 0 Å². The van der Waals surface area contributed by atoms with Gasteiger partial charge >= 0.3 is 17.9 Å². The monoisotopic (exact) mass is 815 g/mol. The highest BCUT2D eigenvalue weighted by molar-refractivity contribution is 5.71. The van der Waals surface area contributed by atoms with Gasteiger partial charge in [-0.3, -0.25) is 14.4 Å². The van der Waals surface area contributed by atoms with Gasteiger partial charge in [0, 0.05) is 19.3 Å². The molecule has 0 aliphatic carbocycles. The van der Waals surface area contributed by atoms with Crippen LogP contribution in [0.25, 0.3) is 0 Å². The van der Waals surface area contributed by atoms with Gasteiger partial charge in [-0.05, 0) is 70.6 Å². The molecule has 0 aromatic carbocycles. The van der Waals surface area contributed by atoms with E-state index in [0.29, 0.717) is 19.3 Å². The molecule has 0 saturated carbocycles. The van der Waals surface area contributed by atoms with Crippen molar-refractivity contribution in [2.75, 3.05) is 13.2 Å². The summed E-state index contributed by atoms with van der Waals surface area (Å²) in [5, 5.41) is 0. The Balaban J connectivity index is 4.28. The highest BCUT2D eigenvalue weighted by Gasteiger charge is 2.19. The molecule has 0 rings (SSSR count). The van der Waals surface area contributed by atoms with Crippen LogP contribution in [-0.4, -0.2) is 37.2 Å². The molecule has 58 heavy (non-hydrogen) atoms. The second-order valence-corrected chi connectivity index (χ2v) is 16.7. The number of hydrogen-bond donors (Lipinski definition) is 0. The molecule has 6 nitrogen and oxygen atoms in total. The molecule has 338 valence electrons. The van der Waals surface area contributed by atoms with Crippen molar-refractivity contribution >= 4 is 17.9 Å². The van der Waals surface area contributed by atoms with Crippen LogP contribution in [0.3, 0.4) is 0 Å². The predicted octanol–water partition coefficient (Wildman–Crippen LogP) is 16.1. The molecule has 1 atom stereocenters. The van der Waals surface area contributed by atoms with Crippen LogP contribution in [0.4, 0.5) is 0 Å². The fourth-order valence-electron chi connectivity index (χ4n) is 7.12. The Morgan fingerprint density at radius 1 is 0.362 bits per heavy atom. The molecule has 0 N–H and O–H groups in total. The largest absolute Gasteiger partial charge is 0.462 e. The Bertz CT molecular complexity index is 984. The highest BCUT2D eigenvalue weighted by Crippen LogP contribution is 2.15. The quantitative estimate of drug-likeness (QED) is 0.0264. The lowest BCUT2D eigenvalue weighted by Gasteiger charge is -2.18. The molecule has 0 radical (unpaired) electrons. The summed E-state index contributed by atoms with van der Waals surface area (Å²) < 4.78 is 16.7. The van der Waals surface area contributed by atoms with Crippen LogP contribution in [0.5, 0.6) is 0 Å². The van der Waals surface area contributed by atoms with Gasteiger partial charge in [0.1, 0.15) is 13.2 Å². The van der Waals surface area contributed by atoms with Gasteiger partial charge in [0.15, 0.2) is 6.10 Å². The Kier molecular flexibility index (Phi) is 45.4. The Labute approximate surface area is 359 Å². The van der Waals surface area contributed by atoms with Crippen LogP contribution in [0.2, 0.25) is 0 Å². The molecule has 0 aromatic rings. The molecular formula is C52H94O6. The Morgan fingerprint density at radius 2 is 0.672 bits per heavy atom. The molecule has 0 aliphatic heterocycles. The van der Waals surface area contributed by atoms with Crippen LogP contribution in [0.1, 0.15) is 258 Å². The van der Waals surface area contributed by atoms with E-state index in [9.17, 15) is 14.4 Å². The molecule has 0 bridgehead atoms. The van der Waals surface area contributed by atoms with Crippen molar-refractivity contribution < 1.29 is 28.6 Å². The third-order valence-electron chi connectivity index (χ3n) is 10.9. The molecule has 0 spiro atoms. The van der Waals surface area contributed by atoms with E-state index in [2.05, 4.69) is 57.2 Å². The van der Waals surface area contributed by atoms with Crippen molar-refractivity contribution in [1.29, 1.82) is 0 Å². The molecule has 0 aliphatic rings. The Hall–Kier alpha value is -2.37. The van der Waals surface area contributed by atoms with E-state index in [1.54, 1.807) is 0 Å². The molecule has 0 saturated heterocycles. The van der Waals surface area contributed by atoms with Crippen LogP contribution in [-0.2, 0) is 28.6 Å². The van der Waals surface area contributed by atoms with E-state index in [1.165, 1.54) is 148 Å². The topological polar surface area (TPSA) is 78.9 Å². The van der Waals surface area contributed by atoms with Gasteiger partial charge in [-0.25, -0.2) is 0 Å². The van der Waals surface area contributed by atoms with Crippen molar-refractivity contribution in [2.45, 2.75) is 264 Å². The summed E-state index contributed by atoms with van der Waals surface area (Å²) in [5.74, 6) is -0.918. The van der Waals surface area contributed by atoms with Gasteiger partial charge in [-0.15, -0.1) is 0 Å². The minimum atomic E-state index is -0.781. The number of hydrogen-bond acceptors (Lipinski definition) is 6. The van der Waals surface area contributed by atoms with E-state index in [0.717, 1.165) is 70.6 Å². The van der Waals surface area contributed by atoms with E-state index in [1.807, 2.05) is 0 Å². The van der Waals surface area contributed by atoms with Crippen molar-refractivity contribution in [3.8, 4) is 0 Å². The number of allylic oxidation sites excluding steroid dienone is 6. The number of carbonyl (C=O) groups is 3. The van der Waals surface area contributed by atoms with Crippen molar-refractivity contribution in [3.05, 3.63) is 36.5 Å². The van der Waals surface area contributed by atoms with Crippen molar-refractivity contribution in [2.24, 2.45) is 0 Å². The first-order valence-corrected chi connectivity index (χ1v) is 25.0. The molecule has 6 heteroatoms. The van der Waals surface area contributed by atoms with Gasteiger partial charge in [0.2, 0.25) is 0 Å². The van der Waals surface area contributed by atoms with E-state index >= 15 is 0 Å². The minimum Gasteiger partial charge on any atom is -0.462 e. The lowest BCUT2D eigenvalue weighted by atomic mass is 10.0. The zero-order valence-electron chi connectivity index (χ0n) is 38.6. The Morgan fingerprint density at radius 3 is 1.09 bits per heavy atom. The van der Waals surface area contributed by atoms with Gasteiger partial charge < -0.3 is 14.2 Å². The summed E-state index contributed by atoms with van der Waals surface area (Å²) in [6.45, 7) is 6.49. The fraction of sp³-hybridized carbons (Fsp3) is 0.827. The molecule has 0 amide bonds. The lowest BCUT2D eigenvalue weighted by Crippen LogP contribution is -2.30. The first-order valence-electron chi connectivity index (χ1n) is 25.0. The van der Waals surface area contributed by atoms with Gasteiger partial charge in [-0.1, -0.05) is 205 Å². The second-order valence-electron chi connectivity index (χ2n) is 16.7. The fourth-order valence-corrected chi connectivity index (χ4v) is 7.12. The first kappa shape index (κ1) is 55.6. The maximum Gasteiger partial charge on any atom is 0.306 e. The third-order valence-corrected chi connectivity index (χ3v) is 10.9. The average molecular weight is 815 g/mol. The molecule has 1 unspecified atom stereocenters. The minimum absolute atomic E-state index is 0.0822. The van der Waals surface area contributed by atoms with Gasteiger partial charge in [0.25, 0.3) is 0 Å². The predicted molar refractivity (Wildman–Crippen MR) is 247 cm³/mol. The number of esters is 3. The molecule has 0 heterocycles. The van der Waals surface area contributed by atoms with E-state index in [-0.39, 0.29) is 31.1 Å². The number of rotatable bonds is 45. The maximum absolute atomic E-state index is 12.7. The average Bonchev–Trinajstić information content (AvgIpc) is 3.22. The molecule has 0 fully saturated rings. The third kappa shape index (κ3) is 44.7. The molecular weight excluding hydrogens is 721 g/mol. The van der Waals surface area contributed by atoms with E-state index in [4.69, 9.17) is 14.2 Å². The number of carbonyl (C=O) groups excluding carboxylic acids is 3. The van der Waals surface area contributed by atoms with Crippen molar-refractivity contribution in [3.63, 3.8) is 0 Å². The smallest absolute Gasteiger partial charge is 0.306 e. The normalized spacial score (nSPS) is 12.3. The lowest BCUT2D eigenvalue weighted by molar-refractivity contribution is -0.167. The number of unbranched alkanes of at least 4 members (excludes halogenated alkanes) is 28. The summed E-state index contributed by atoms with van der Waals surface area (Å²) in [6, 6.07) is 0. The standard InChI is InChI=1S/C52H94O6/c1-4-7-10-13-16-19-21-23-24-25-26-27-28-29-31-33-36-39-42-45-51(54)57-48-49(47-56-50(53)44-41-38-35-32-18-15-12-9-6-3)58-52(55)46-43-40-37-34-30-22-20-17-14-11-8-5-2/h9,12,18,25-26,32,49H,4-8,10-11,13-17,19-24,27-31,33-48H2,1-3H3/b12-9-,26-25-,32-18-. The number of ether oxygens (including phenoxy) is 3. The molecule has 0 aromatic heterocycles.